The quantitative estimate of drug-likeness (QED) is 0.468. The summed E-state index contributed by atoms with van der Waals surface area (Å²) in [4.78, 5) is 12.3. The van der Waals surface area contributed by atoms with Gasteiger partial charge in [0.1, 0.15) is 17.3 Å². The van der Waals surface area contributed by atoms with Gasteiger partial charge in [-0.15, -0.1) is 0 Å². The van der Waals surface area contributed by atoms with E-state index in [4.69, 9.17) is 4.98 Å². The van der Waals surface area contributed by atoms with Gasteiger partial charge < -0.3 is 10.3 Å². The van der Waals surface area contributed by atoms with Crippen LogP contribution in [-0.2, 0) is 0 Å². The number of hydrogen-bond acceptors (Lipinski definition) is 3. The number of fused-ring (bicyclic) bond motifs is 1. The molecule has 0 saturated carbocycles. The molecule has 4 nitrogen and oxygen atoms in total. The maximum absolute atomic E-state index is 13.4. The zero-order valence-corrected chi connectivity index (χ0v) is 16.3. The second kappa shape index (κ2) is 7.08. The van der Waals surface area contributed by atoms with Gasteiger partial charge >= 0.3 is 0 Å². The number of hydrogen-bond donors (Lipinski definition) is 2. The fourth-order valence-electron chi connectivity index (χ4n) is 3.18. The topological polar surface area (TPSA) is 53.6 Å². The summed E-state index contributed by atoms with van der Waals surface area (Å²) in [5.74, 6) is 0.577. The molecule has 2 N–H and O–H groups in total. The van der Waals surface area contributed by atoms with Crippen molar-refractivity contribution in [3.63, 3.8) is 0 Å². The van der Waals surface area contributed by atoms with Crippen LogP contribution in [0.25, 0.3) is 33.4 Å². The minimum Gasteiger partial charge on any atom is -0.369 e. The van der Waals surface area contributed by atoms with Crippen LogP contribution in [0.2, 0.25) is 0 Å². The van der Waals surface area contributed by atoms with Crippen LogP contribution in [0, 0.1) is 11.2 Å². The van der Waals surface area contributed by atoms with Crippen LogP contribution in [0.5, 0.6) is 0 Å². The van der Waals surface area contributed by atoms with Crippen LogP contribution in [0.15, 0.2) is 60.9 Å². The summed E-state index contributed by atoms with van der Waals surface area (Å²) in [6.45, 7) is 7.37. The van der Waals surface area contributed by atoms with Crippen LogP contribution < -0.4 is 5.32 Å². The molecule has 0 bridgehead atoms. The highest BCUT2D eigenvalue weighted by atomic mass is 19.1. The maximum atomic E-state index is 13.4. The Bertz CT molecular complexity index is 1090. The first-order chi connectivity index (χ1) is 13.4. The lowest BCUT2D eigenvalue weighted by atomic mass is 9.97. The van der Waals surface area contributed by atoms with Crippen LogP contribution in [-0.4, -0.2) is 21.5 Å². The predicted molar refractivity (Wildman–Crippen MR) is 113 cm³/mol. The SMILES string of the molecule is CC(C)(C)CNc1ccc2c(-c3ccncc3)c(-c3ccc(F)cc3)[nH]c2n1. The van der Waals surface area contributed by atoms with Gasteiger partial charge in [0.05, 0.1) is 5.69 Å². The van der Waals surface area contributed by atoms with E-state index in [-0.39, 0.29) is 11.2 Å². The standard InChI is InChI=1S/C23H23FN4/c1-23(2,3)14-26-19-9-8-18-20(15-10-12-25-13-11-15)21(28-22(18)27-19)16-4-6-17(24)7-5-16/h4-13H,14H2,1-3H3,(H2,26,27,28). The molecule has 0 radical (unpaired) electrons. The van der Waals surface area contributed by atoms with E-state index < -0.39 is 0 Å². The molecule has 4 rings (SSSR count). The molecule has 28 heavy (non-hydrogen) atoms. The Morgan fingerprint density at radius 3 is 2.32 bits per heavy atom. The Kier molecular flexibility index (Phi) is 4.59. The Morgan fingerprint density at radius 1 is 0.929 bits per heavy atom. The van der Waals surface area contributed by atoms with Gasteiger partial charge in [0.15, 0.2) is 0 Å². The Labute approximate surface area is 163 Å². The number of halogens is 1. The minimum absolute atomic E-state index is 0.161. The number of aromatic amines is 1. The summed E-state index contributed by atoms with van der Waals surface area (Å²) < 4.78 is 13.4. The van der Waals surface area contributed by atoms with E-state index in [9.17, 15) is 4.39 Å². The third-order valence-electron chi connectivity index (χ3n) is 4.56. The monoisotopic (exact) mass is 374 g/mol. The maximum Gasteiger partial charge on any atom is 0.140 e. The normalized spacial score (nSPS) is 11.7. The summed E-state index contributed by atoms with van der Waals surface area (Å²) in [5.41, 5.74) is 4.87. The Morgan fingerprint density at radius 2 is 1.64 bits per heavy atom. The van der Waals surface area contributed by atoms with Gasteiger partial charge in [0.2, 0.25) is 0 Å². The van der Waals surface area contributed by atoms with E-state index in [1.807, 2.05) is 18.2 Å². The molecule has 5 heteroatoms. The lowest BCUT2D eigenvalue weighted by Crippen LogP contribution is -2.19. The first-order valence-corrected chi connectivity index (χ1v) is 9.34. The van der Waals surface area contributed by atoms with Crippen LogP contribution in [0.1, 0.15) is 20.8 Å². The fraction of sp³-hybridized carbons (Fsp3) is 0.217. The van der Waals surface area contributed by atoms with Crippen LogP contribution in [0.4, 0.5) is 10.2 Å². The van der Waals surface area contributed by atoms with Crippen molar-refractivity contribution in [2.45, 2.75) is 20.8 Å². The van der Waals surface area contributed by atoms with Crippen LogP contribution >= 0.6 is 0 Å². The molecule has 0 spiro atoms. The van der Waals surface area contributed by atoms with Gasteiger partial charge in [-0.3, -0.25) is 4.98 Å². The second-order valence-electron chi connectivity index (χ2n) is 8.12. The molecule has 142 valence electrons. The lowest BCUT2D eigenvalue weighted by Gasteiger charge is -2.19. The Balaban J connectivity index is 1.85. The van der Waals surface area contributed by atoms with Crippen molar-refractivity contribution >= 4 is 16.9 Å². The molecular weight excluding hydrogens is 351 g/mol. The summed E-state index contributed by atoms with van der Waals surface area (Å²) in [6, 6.07) is 14.5. The molecule has 0 amide bonds. The molecule has 0 aliphatic carbocycles. The molecule has 0 aliphatic rings. The van der Waals surface area contributed by atoms with Gasteiger partial charge in [-0.1, -0.05) is 20.8 Å². The van der Waals surface area contributed by atoms with Crippen LogP contribution in [0.3, 0.4) is 0 Å². The zero-order chi connectivity index (χ0) is 19.7. The van der Waals surface area contributed by atoms with Gasteiger partial charge in [-0.2, -0.15) is 0 Å². The molecule has 0 unspecified atom stereocenters. The molecule has 3 heterocycles. The fourth-order valence-corrected chi connectivity index (χ4v) is 3.18. The average Bonchev–Trinajstić information content (AvgIpc) is 3.06. The number of rotatable bonds is 4. The third-order valence-corrected chi connectivity index (χ3v) is 4.56. The summed E-state index contributed by atoms with van der Waals surface area (Å²) >= 11 is 0. The molecule has 0 saturated heterocycles. The van der Waals surface area contributed by atoms with E-state index >= 15 is 0 Å². The number of H-pyrrole nitrogens is 1. The largest absolute Gasteiger partial charge is 0.369 e. The molecule has 3 aromatic heterocycles. The first kappa shape index (κ1) is 18.2. The van der Waals surface area contributed by atoms with Crippen molar-refractivity contribution in [2.24, 2.45) is 5.41 Å². The minimum atomic E-state index is -0.253. The van der Waals surface area contributed by atoms with E-state index in [2.05, 4.69) is 42.1 Å². The second-order valence-corrected chi connectivity index (χ2v) is 8.12. The molecule has 0 aliphatic heterocycles. The van der Waals surface area contributed by atoms with Crippen molar-refractivity contribution in [3.05, 3.63) is 66.7 Å². The molecular formula is C23H23FN4. The zero-order valence-electron chi connectivity index (χ0n) is 16.3. The molecule has 0 fully saturated rings. The molecule has 1 aromatic carbocycles. The van der Waals surface area contributed by atoms with Gasteiger partial charge in [-0.25, -0.2) is 9.37 Å². The third kappa shape index (κ3) is 3.74. The van der Waals surface area contributed by atoms with Crippen molar-refractivity contribution < 1.29 is 4.39 Å². The summed E-state index contributed by atoms with van der Waals surface area (Å²) in [7, 11) is 0. The van der Waals surface area contributed by atoms with Gasteiger partial charge in [0.25, 0.3) is 0 Å². The predicted octanol–water partition coefficient (Wildman–Crippen LogP) is 5.89. The van der Waals surface area contributed by atoms with E-state index in [0.29, 0.717) is 0 Å². The van der Waals surface area contributed by atoms with Gasteiger partial charge in [-0.05, 0) is 65.1 Å². The highest BCUT2D eigenvalue weighted by molar-refractivity contribution is 6.02. The summed E-state index contributed by atoms with van der Waals surface area (Å²) in [6.07, 6.45) is 3.55. The highest BCUT2D eigenvalue weighted by Gasteiger charge is 2.17. The van der Waals surface area contributed by atoms with E-state index in [0.717, 1.165) is 45.8 Å². The van der Waals surface area contributed by atoms with Crippen molar-refractivity contribution in [3.8, 4) is 22.4 Å². The number of pyridine rings is 2. The average molecular weight is 374 g/mol. The summed E-state index contributed by atoms with van der Waals surface area (Å²) in [5, 5.41) is 4.42. The van der Waals surface area contributed by atoms with Gasteiger partial charge in [0, 0.05) is 29.9 Å². The highest BCUT2D eigenvalue weighted by Crippen LogP contribution is 2.38. The number of anilines is 1. The number of benzene rings is 1. The van der Waals surface area contributed by atoms with E-state index in [1.54, 1.807) is 24.5 Å². The number of nitrogens with zero attached hydrogens (tertiary/aromatic N) is 2. The van der Waals surface area contributed by atoms with Crippen molar-refractivity contribution in [2.75, 3.05) is 11.9 Å². The van der Waals surface area contributed by atoms with Crippen molar-refractivity contribution in [1.82, 2.24) is 15.0 Å². The lowest BCUT2D eigenvalue weighted by molar-refractivity contribution is 0.442. The molecule has 0 atom stereocenters. The van der Waals surface area contributed by atoms with E-state index in [1.165, 1.54) is 12.1 Å². The number of nitrogens with one attached hydrogen (secondary N) is 2. The van der Waals surface area contributed by atoms with Crippen molar-refractivity contribution in [1.29, 1.82) is 0 Å². The first-order valence-electron chi connectivity index (χ1n) is 9.34. The Hall–Kier alpha value is -3.21. The molecule has 4 aromatic rings. The number of aromatic nitrogens is 3. The smallest absolute Gasteiger partial charge is 0.140 e.